The molecule has 0 N–H and O–H groups in total. The molecule has 1 aromatic carbocycles. The zero-order valence-electron chi connectivity index (χ0n) is 11.5. The summed E-state index contributed by atoms with van der Waals surface area (Å²) in [7, 11) is 0. The lowest BCUT2D eigenvalue weighted by Crippen LogP contribution is -2.16. The van der Waals surface area contributed by atoms with Crippen molar-refractivity contribution in [3.05, 3.63) is 58.0 Å². The molecule has 0 unspecified atom stereocenters. The molecule has 0 amide bonds. The fourth-order valence-corrected chi connectivity index (χ4v) is 2.70. The molecule has 0 bridgehead atoms. The molecule has 104 valence electrons. The van der Waals surface area contributed by atoms with E-state index in [4.69, 9.17) is 4.74 Å². The topological polar surface area (TPSA) is 57.0 Å². The zero-order valence-corrected chi connectivity index (χ0v) is 11.5. The van der Waals surface area contributed by atoms with Crippen LogP contribution in [0.2, 0.25) is 0 Å². The Labute approximate surface area is 120 Å². The van der Waals surface area contributed by atoms with E-state index in [1.807, 2.05) is 41.8 Å². The van der Waals surface area contributed by atoms with Gasteiger partial charge in [-0.3, -0.25) is 9.36 Å². The molecule has 21 heavy (non-hydrogen) atoms. The summed E-state index contributed by atoms with van der Waals surface area (Å²) in [5.41, 5.74) is 3.21. The quantitative estimate of drug-likeness (QED) is 0.684. The number of aryl methyl sites for hydroxylation is 1. The SMILES string of the molecule is Cc1cnc2c(n1)c(=O)c1c(n2-c2ccccc2)OCC1. The third-order valence-corrected chi connectivity index (χ3v) is 3.64. The first kappa shape index (κ1) is 12.1. The molecule has 0 saturated heterocycles. The number of ether oxygens (including phenoxy) is 1. The molecule has 4 rings (SSSR count). The van der Waals surface area contributed by atoms with Crippen molar-refractivity contribution < 1.29 is 4.74 Å². The summed E-state index contributed by atoms with van der Waals surface area (Å²) in [6.45, 7) is 2.36. The van der Waals surface area contributed by atoms with Gasteiger partial charge in [0.15, 0.2) is 11.2 Å². The van der Waals surface area contributed by atoms with Crippen LogP contribution in [0.15, 0.2) is 41.3 Å². The summed E-state index contributed by atoms with van der Waals surface area (Å²) in [6, 6.07) is 9.77. The normalized spacial score (nSPS) is 13.2. The van der Waals surface area contributed by atoms with Crippen molar-refractivity contribution in [2.24, 2.45) is 0 Å². The van der Waals surface area contributed by atoms with Gasteiger partial charge < -0.3 is 4.74 Å². The van der Waals surface area contributed by atoms with E-state index in [1.165, 1.54) is 0 Å². The van der Waals surface area contributed by atoms with E-state index in [0.717, 1.165) is 11.4 Å². The van der Waals surface area contributed by atoms with Gasteiger partial charge in [-0.05, 0) is 19.1 Å². The average Bonchev–Trinajstić information content (AvgIpc) is 2.99. The van der Waals surface area contributed by atoms with Crippen molar-refractivity contribution in [3.8, 4) is 11.6 Å². The molecule has 5 nitrogen and oxygen atoms in total. The van der Waals surface area contributed by atoms with Crippen LogP contribution >= 0.6 is 0 Å². The Morgan fingerprint density at radius 3 is 2.86 bits per heavy atom. The molecular weight excluding hydrogens is 266 g/mol. The van der Waals surface area contributed by atoms with Gasteiger partial charge in [-0.1, -0.05) is 18.2 Å². The molecule has 0 saturated carbocycles. The maximum atomic E-state index is 12.6. The number of rotatable bonds is 1. The Balaban J connectivity index is 2.20. The Bertz CT molecular complexity index is 901. The van der Waals surface area contributed by atoms with Gasteiger partial charge in [0.25, 0.3) is 0 Å². The lowest BCUT2D eigenvalue weighted by Gasteiger charge is -2.14. The van der Waals surface area contributed by atoms with Crippen molar-refractivity contribution in [1.82, 2.24) is 14.5 Å². The Morgan fingerprint density at radius 1 is 1.24 bits per heavy atom. The highest BCUT2D eigenvalue weighted by molar-refractivity contribution is 5.75. The number of nitrogens with zero attached hydrogens (tertiary/aromatic N) is 3. The minimum Gasteiger partial charge on any atom is -0.478 e. The highest BCUT2D eigenvalue weighted by Crippen LogP contribution is 2.29. The van der Waals surface area contributed by atoms with Crippen LogP contribution in [-0.4, -0.2) is 21.1 Å². The number of aromatic nitrogens is 3. The first-order chi connectivity index (χ1) is 10.3. The van der Waals surface area contributed by atoms with E-state index >= 15 is 0 Å². The molecule has 0 radical (unpaired) electrons. The summed E-state index contributed by atoms with van der Waals surface area (Å²) in [5.74, 6) is 0.594. The molecule has 1 aliphatic heterocycles. The van der Waals surface area contributed by atoms with E-state index in [2.05, 4.69) is 9.97 Å². The molecule has 2 aromatic heterocycles. The van der Waals surface area contributed by atoms with Crippen LogP contribution in [0.4, 0.5) is 0 Å². The highest BCUT2D eigenvalue weighted by Gasteiger charge is 2.25. The van der Waals surface area contributed by atoms with Crippen LogP contribution in [0, 0.1) is 6.92 Å². The van der Waals surface area contributed by atoms with Gasteiger partial charge in [-0.25, -0.2) is 9.97 Å². The second-order valence-corrected chi connectivity index (χ2v) is 5.07. The van der Waals surface area contributed by atoms with Crippen molar-refractivity contribution in [1.29, 1.82) is 0 Å². The Morgan fingerprint density at radius 2 is 2.05 bits per heavy atom. The number of pyridine rings is 1. The molecule has 5 heteroatoms. The van der Waals surface area contributed by atoms with Crippen LogP contribution in [0.3, 0.4) is 0 Å². The molecule has 3 heterocycles. The van der Waals surface area contributed by atoms with Crippen molar-refractivity contribution in [3.63, 3.8) is 0 Å². The molecule has 0 spiro atoms. The minimum absolute atomic E-state index is 0.0686. The third-order valence-electron chi connectivity index (χ3n) is 3.64. The van der Waals surface area contributed by atoms with Crippen LogP contribution < -0.4 is 10.2 Å². The average molecular weight is 279 g/mol. The number of para-hydroxylation sites is 1. The summed E-state index contributed by atoms with van der Waals surface area (Å²) in [6.07, 6.45) is 2.29. The van der Waals surface area contributed by atoms with Crippen molar-refractivity contribution in [2.45, 2.75) is 13.3 Å². The van der Waals surface area contributed by atoms with Gasteiger partial charge in [0.2, 0.25) is 11.3 Å². The van der Waals surface area contributed by atoms with Crippen LogP contribution in [0.1, 0.15) is 11.3 Å². The number of benzene rings is 1. The lowest BCUT2D eigenvalue weighted by molar-refractivity contribution is 0.338. The van der Waals surface area contributed by atoms with Gasteiger partial charge in [0.1, 0.15) is 0 Å². The first-order valence-electron chi connectivity index (χ1n) is 6.85. The third kappa shape index (κ3) is 1.74. The van der Waals surface area contributed by atoms with E-state index in [9.17, 15) is 4.79 Å². The standard InChI is InChI=1S/C16H13N3O2/c1-10-9-17-15-13(18-10)14(20)12-7-8-21-16(12)19(15)11-5-3-2-4-6-11/h2-6,9H,7-8H2,1H3. The largest absolute Gasteiger partial charge is 0.478 e. The van der Waals surface area contributed by atoms with Crippen LogP contribution in [0.25, 0.3) is 16.9 Å². The summed E-state index contributed by atoms with van der Waals surface area (Å²) >= 11 is 0. The molecule has 3 aromatic rings. The summed E-state index contributed by atoms with van der Waals surface area (Å²) in [4.78, 5) is 21.4. The van der Waals surface area contributed by atoms with E-state index in [1.54, 1.807) is 6.20 Å². The number of hydrogen-bond acceptors (Lipinski definition) is 4. The molecule has 0 fully saturated rings. The van der Waals surface area contributed by atoms with Crippen molar-refractivity contribution in [2.75, 3.05) is 6.61 Å². The fraction of sp³-hybridized carbons (Fsp3) is 0.188. The Kier molecular flexibility index (Phi) is 2.54. The maximum Gasteiger partial charge on any atom is 0.216 e. The first-order valence-corrected chi connectivity index (χ1v) is 6.85. The van der Waals surface area contributed by atoms with Gasteiger partial charge >= 0.3 is 0 Å². The van der Waals surface area contributed by atoms with E-state index in [0.29, 0.717) is 35.6 Å². The zero-order chi connectivity index (χ0) is 14.4. The van der Waals surface area contributed by atoms with E-state index in [-0.39, 0.29) is 5.43 Å². The van der Waals surface area contributed by atoms with Gasteiger partial charge in [-0.2, -0.15) is 0 Å². The Hall–Kier alpha value is -2.69. The second kappa shape index (κ2) is 4.41. The van der Waals surface area contributed by atoms with Gasteiger partial charge in [0, 0.05) is 6.42 Å². The molecule has 0 atom stereocenters. The fourth-order valence-electron chi connectivity index (χ4n) is 2.70. The number of hydrogen-bond donors (Lipinski definition) is 0. The summed E-state index contributed by atoms with van der Waals surface area (Å²) in [5, 5.41) is 0. The van der Waals surface area contributed by atoms with Gasteiger partial charge in [0.05, 0.1) is 29.7 Å². The number of fused-ring (bicyclic) bond motifs is 2. The van der Waals surface area contributed by atoms with E-state index < -0.39 is 0 Å². The van der Waals surface area contributed by atoms with Crippen LogP contribution in [0.5, 0.6) is 5.88 Å². The maximum absolute atomic E-state index is 12.6. The summed E-state index contributed by atoms with van der Waals surface area (Å²) < 4.78 is 7.58. The molecule has 0 aliphatic carbocycles. The minimum atomic E-state index is -0.0686. The lowest BCUT2D eigenvalue weighted by atomic mass is 10.2. The monoisotopic (exact) mass is 279 g/mol. The predicted molar refractivity (Wildman–Crippen MR) is 79.1 cm³/mol. The predicted octanol–water partition coefficient (Wildman–Crippen LogP) is 2.02. The smallest absolute Gasteiger partial charge is 0.216 e. The second-order valence-electron chi connectivity index (χ2n) is 5.07. The van der Waals surface area contributed by atoms with Crippen LogP contribution in [-0.2, 0) is 6.42 Å². The molecular formula is C16H13N3O2. The highest BCUT2D eigenvalue weighted by atomic mass is 16.5. The molecule has 1 aliphatic rings. The van der Waals surface area contributed by atoms with Gasteiger partial charge in [-0.15, -0.1) is 0 Å². The van der Waals surface area contributed by atoms with Crippen molar-refractivity contribution >= 4 is 11.2 Å².